The van der Waals surface area contributed by atoms with E-state index >= 15 is 0 Å². The highest BCUT2D eigenvalue weighted by molar-refractivity contribution is 4.99. The maximum absolute atomic E-state index is 6.24. The van der Waals surface area contributed by atoms with E-state index in [9.17, 15) is 0 Å². The number of hydrogen-bond donors (Lipinski definition) is 1. The zero-order valence-corrected chi connectivity index (χ0v) is 12.7. The molecule has 2 N–H and O–H groups in total. The van der Waals surface area contributed by atoms with E-state index in [1.807, 2.05) is 0 Å². The van der Waals surface area contributed by atoms with Crippen LogP contribution >= 0.6 is 0 Å². The molecule has 1 aliphatic heterocycles. The third kappa shape index (κ3) is 2.75. The van der Waals surface area contributed by atoms with Crippen molar-refractivity contribution in [1.82, 2.24) is 4.90 Å². The predicted molar refractivity (Wildman–Crippen MR) is 78.6 cm³/mol. The first kappa shape index (κ1) is 14.3. The first-order valence-corrected chi connectivity index (χ1v) is 7.95. The maximum Gasteiger partial charge on any atom is 0.0357 e. The molecule has 2 nitrogen and oxygen atoms in total. The highest BCUT2D eigenvalue weighted by Gasteiger charge is 2.42. The minimum atomic E-state index is 0.318. The molecule has 2 atom stereocenters. The summed E-state index contributed by atoms with van der Waals surface area (Å²) in [7, 11) is 0. The second-order valence-electron chi connectivity index (χ2n) is 7.46. The Hall–Kier alpha value is -0.0800. The normalized spacial score (nSPS) is 38.3. The number of likely N-dealkylation sites (tertiary alicyclic amines) is 1. The van der Waals surface area contributed by atoms with Crippen molar-refractivity contribution in [2.24, 2.45) is 17.1 Å². The molecular formula is C16H32N2. The third-order valence-electron chi connectivity index (χ3n) is 5.74. The molecule has 0 aromatic rings. The Morgan fingerprint density at radius 3 is 2.50 bits per heavy atom. The van der Waals surface area contributed by atoms with Gasteiger partial charge in [-0.3, -0.25) is 4.90 Å². The lowest BCUT2D eigenvalue weighted by molar-refractivity contribution is 0.0138. The fourth-order valence-electron chi connectivity index (χ4n) is 4.17. The molecule has 106 valence electrons. The van der Waals surface area contributed by atoms with Crippen molar-refractivity contribution in [2.45, 2.75) is 71.3 Å². The number of rotatable bonds is 2. The molecule has 0 spiro atoms. The van der Waals surface area contributed by atoms with E-state index in [0.29, 0.717) is 11.0 Å². The van der Waals surface area contributed by atoms with E-state index in [-0.39, 0.29) is 0 Å². The minimum Gasteiger partial charge on any atom is -0.329 e. The summed E-state index contributed by atoms with van der Waals surface area (Å²) in [4.78, 5) is 2.77. The molecule has 2 fully saturated rings. The van der Waals surface area contributed by atoms with Gasteiger partial charge in [0, 0.05) is 12.1 Å². The van der Waals surface area contributed by atoms with Crippen molar-refractivity contribution in [3.05, 3.63) is 0 Å². The van der Waals surface area contributed by atoms with Crippen LogP contribution in [0, 0.1) is 11.3 Å². The van der Waals surface area contributed by atoms with E-state index in [1.54, 1.807) is 0 Å². The molecule has 0 amide bonds. The monoisotopic (exact) mass is 252 g/mol. The molecule has 0 radical (unpaired) electrons. The molecule has 0 aromatic heterocycles. The van der Waals surface area contributed by atoms with Crippen molar-refractivity contribution < 1.29 is 0 Å². The van der Waals surface area contributed by atoms with Crippen LogP contribution in [-0.2, 0) is 0 Å². The van der Waals surface area contributed by atoms with Gasteiger partial charge in [0.2, 0.25) is 0 Å². The van der Waals surface area contributed by atoms with Gasteiger partial charge in [-0.05, 0) is 56.5 Å². The highest BCUT2D eigenvalue weighted by atomic mass is 15.2. The van der Waals surface area contributed by atoms with E-state index in [0.717, 1.165) is 12.5 Å². The summed E-state index contributed by atoms with van der Waals surface area (Å²) >= 11 is 0. The van der Waals surface area contributed by atoms with E-state index in [2.05, 4.69) is 25.7 Å². The fourth-order valence-corrected chi connectivity index (χ4v) is 4.17. The first-order chi connectivity index (χ1) is 8.50. The van der Waals surface area contributed by atoms with E-state index < -0.39 is 0 Å². The maximum atomic E-state index is 6.24. The van der Waals surface area contributed by atoms with Crippen LogP contribution in [0.5, 0.6) is 0 Å². The molecule has 1 heterocycles. The van der Waals surface area contributed by atoms with Gasteiger partial charge in [0.05, 0.1) is 0 Å². The van der Waals surface area contributed by atoms with Crippen molar-refractivity contribution in [3.63, 3.8) is 0 Å². The first-order valence-electron chi connectivity index (χ1n) is 7.95. The lowest BCUT2D eigenvalue weighted by atomic mass is 9.72. The average molecular weight is 252 g/mol. The van der Waals surface area contributed by atoms with Crippen molar-refractivity contribution in [3.8, 4) is 0 Å². The van der Waals surface area contributed by atoms with Gasteiger partial charge in [0.25, 0.3) is 0 Å². The Bertz CT molecular complexity index is 274. The Kier molecular flexibility index (Phi) is 4.38. The molecule has 2 rings (SSSR count). The predicted octanol–water partition coefficient (Wildman–Crippen LogP) is 3.41. The number of nitrogens with two attached hydrogens (primary N) is 1. The molecule has 1 saturated heterocycles. The van der Waals surface area contributed by atoms with Gasteiger partial charge in [-0.25, -0.2) is 0 Å². The van der Waals surface area contributed by atoms with E-state index in [1.165, 1.54) is 58.0 Å². The Balaban J connectivity index is 2.12. The second kappa shape index (κ2) is 5.50. The second-order valence-corrected chi connectivity index (χ2v) is 7.46. The van der Waals surface area contributed by atoms with Crippen LogP contribution in [0.3, 0.4) is 0 Å². The average Bonchev–Trinajstić information content (AvgIpc) is 2.52. The van der Waals surface area contributed by atoms with Gasteiger partial charge in [-0.15, -0.1) is 0 Å². The summed E-state index contributed by atoms with van der Waals surface area (Å²) in [5.41, 5.74) is 7.08. The largest absolute Gasteiger partial charge is 0.329 e. The van der Waals surface area contributed by atoms with Gasteiger partial charge in [-0.2, -0.15) is 0 Å². The summed E-state index contributed by atoms with van der Waals surface area (Å²) in [6, 6.07) is 0. The summed E-state index contributed by atoms with van der Waals surface area (Å²) in [5.74, 6) is 0.775. The number of nitrogens with zero attached hydrogens (tertiary/aromatic N) is 1. The van der Waals surface area contributed by atoms with Gasteiger partial charge in [0.15, 0.2) is 0 Å². The zero-order valence-electron chi connectivity index (χ0n) is 12.7. The van der Waals surface area contributed by atoms with Gasteiger partial charge < -0.3 is 5.73 Å². The topological polar surface area (TPSA) is 29.3 Å². The Morgan fingerprint density at radius 2 is 1.83 bits per heavy atom. The molecule has 1 saturated carbocycles. The van der Waals surface area contributed by atoms with Crippen LogP contribution < -0.4 is 5.73 Å². The molecule has 2 heteroatoms. The van der Waals surface area contributed by atoms with Gasteiger partial charge in [0.1, 0.15) is 0 Å². The summed E-state index contributed by atoms with van der Waals surface area (Å²) in [6.07, 6.45) is 9.54. The van der Waals surface area contributed by atoms with Gasteiger partial charge in [-0.1, -0.05) is 33.6 Å². The molecule has 0 bridgehead atoms. The van der Waals surface area contributed by atoms with Crippen LogP contribution in [0.1, 0.15) is 65.7 Å². The lowest BCUT2D eigenvalue weighted by Gasteiger charge is -2.50. The quantitative estimate of drug-likeness (QED) is 0.816. The molecule has 0 aromatic carbocycles. The third-order valence-corrected chi connectivity index (χ3v) is 5.74. The van der Waals surface area contributed by atoms with Crippen LogP contribution in [-0.4, -0.2) is 30.1 Å². The standard InChI is InChI=1S/C16H32N2/c1-14-7-4-5-9-16(14,13-17)18-11-6-8-15(2,3)10-12-18/h14H,4-13,17H2,1-3H3. The molecule has 2 aliphatic rings. The van der Waals surface area contributed by atoms with Crippen LogP contribution in [0.2, 0.25) is 0 Å². The van der Waals surface area contributed by atoms with Crippen LogP contribution in [0.4, 0.5) is 0 Å². The van der Waals surface area contributed by atoms with Crippen LogP contribution in [0.25, 0.3) is 0 Å². The van der Waals surface area contributed by atoms with Crippen molar-refractivity contribution >= 4 is 0 Å². The Morgan fingerprint density at radius 1 is 1.06 bits per heavy atom. The molecule has 18 heavy (non-hydrogen) atoms. The summed E-state index contributed by atoms with van der Waals surface area (Å²) < 4.78 is 0. The zero-order chi connectivity index (χ0) is 13.2. The molecule has 2 unspecified atom stereocenters. The molecule has 1 aliphatic carbocycles. The highest BCUT2D eigenvalue weighted by Crippen LogP contribution is 2.40. The fraction of sp³-hybridized carbons (Fsp3) is 1.00. The summed E-state index contributed by atoms with van der Waals surface area (Å²) in [5, 5.41) is 0. The van der Waals surface area contributed by atoms with E-state index in [4.69, 9.17) is 5.73 Å². The van der Waals surface area contributed by atoms with Crippen molar-refractivity contribution in [2.75, 3.05) is 19.6 Å². The summed E-state index contributed by atoms with van der Waals surface area (Å²) in [6.45, 7) is 10.7. The smallest absolute Gasteiger partial charge is 0.0357 e. The Labute approximate surface area is 113 Å². The lowest BCUT2D eigenvalue weighted by Crippen LogP contribution is -2.59. The minimum absolute atomic E-state index is 0.318. The van der Waals surface area contributed by atoms with Crippen LogP contribution in [0.15, 0.2) is 0 Å². The number of hydrogen-bond acceptors (Lipinski definition) is 2. The van der Waals surface area contributed by atoms with Crippen molar-refractivity contribution in [1.29, 1.82) is 0 Å². The molecular weight excluding hydrogens is 220 g/mol. The SMILES string of the molecule is CC1CCCCC1(CN)N1CCCC(C)(C)CC1. The van der Waals surface area contributed by atoms with Gasteiger partial charge >= 0.3 is 0 Å².